The Morgan fingerprint density at radius 1 is 0.235 bits per heavy atom. The molecule has 0 atom stereocenters. The van der Waals surface area contributed by atoms with Crippen LogP contribution >= 0.6 is 0 Å². The molecule has 0 fully saturated rings. The van der Waals surface area contributed by atoms with Crippen LogP contribution in [0.25, 0.3) is 76.6 Å². The molecule has 0 spiro atoms. The average molecular weight is 1320 g/mol. The maximum absolute atomic E-state index is 4.40. The van der Waals surface area contributed by atoms with E-state index in [2.05, 4.69) is 200 Å². The quantitative estimate of drug-likeness (QED) is 0.140. The first kappa shape index (κ1) is 85.9. The Kier molecular flexibility index (Phi) is 41.9. The van der Waals surface area contributed by atoms with Gasteiger partial charge in [0.05, 0.1) is 61.5 Å². The molecule has 0 N–H and O–H groups in total. The number of aromatic nitrogens is 14. The summed E-state index contributed by atoms with van der Waals surface area (Å²) < 4.78 is 0. The minimum atomic E-state index is 0.981. The minimum Gasteiger partial charge on any atom is -0.264 e. The van der Waals surface area contributed by atoms with Gasteiger partial charge in [0.2, 0.25) is 0 Å². The van der Waals surface area contributed by atoms with Crippen LogP contribution in [0.4, 0.5) is 0 Å². The van der Waals surface area contributed by atoms with Crippen LogP contribution in [0.15, 0.2) is 172 Å². The van der Waals surface area contributed by atoms with Gasteiger partial charge >= 0.3 is 0 Å². The lowest BCUT2D eigenvalue weighted by atomic mass is 10.1. The molecule has 0 aliphatic carbocycles. The molecule has 0 aliphatic rings. The Balaban J connectivity index is 0.000000554. The van der Waals surface area contributed by atoms with E-state index in [0.717, 1.165) is 88.6 Å². The highest BCUT2D eigenvalue weighted by Crippen LogP contribution is 2.21. The zero-order valence-corrected chi connectivity index (χ0v) is 64.4. The molecule has 3 aromatic carbocycles. The molecule has 0 radical (unpaired) electrons. The zero-order chi connectivity index (χ0) is 73.9. The van der Waals surface area contributed by atoms with E-state index < -0.39 is 0 Å². The summed E-state index contributed by atoms with van der Waals surface area (Å²) in [5.74, 6) is 0. The number of hydrogen-bond acceptors (Lipinski definition) is 14. The summed E-state index contributed by atoms with van der Waals surface area (Å²) in [7, 11) is 0. The van der Waals surface area contributed by atoms with Crippen LogP contribution in [0, 0.1) is 96.9 Å². The number of rotatable bonds is 0. The highest BCUT2D eigenvalue weighted by molar-refractivity contribution is 5.85. The molecule has 11 heterocycles. The van der Waals surface area contributed by atoms with Gasteiger partial charge in [0, 0.05) is 106 Å². The molecule has 14 rings (SSSR count). The first-order valence-corrected chi connectivity index (χ1v) is 34.7. The second-order valence-corrected chi connectivity index (χ2v) is 20.9. The molecule has 0 saturated carbocycles. The number of hydrogen-bond donors (Lipinski definition) is 0. The first-order valence-electron chi connectivity index (χ1n) is 34.7. The Hall–Kier alpha value is -10.1. The van der Waals surface area contributed by atoms with Gasteiger partial charge in [-0.3, -0.25) is 49.8 Å². The van der Waals surface area contributed by atoms with Crippen LogP contribution in [-0.2, 0) is 0 Å². The molecule has 0 bridgehead atoms. The number of fused-ring (bicyclic) bond motifs is 7. The van der Waals surface area contributed by atoms with E-state index >= 15 is 0 Å². The zero-order valence-electron chi connectivity index (χ0n) is 64.4. The van der Waals surface area contributed by atoms with Gasteiger partial charge in [-0.15, -0.1) is 0 Å². The van der Waals surface area contributed by atoms with Crippen molar-refractivity contribution < 1.29 is 0 Å². The Bertz CT molecular complexity index is 3900. The van der Waals surface area contributed by atoms with E-state index in [1.807, 2.05) is 180 Å². The van der Waals surface area contributed by atoms with Crippen LogP contribution in [0.3, 0.4) is 0 Å². The molecule has 0 saturated heterocycles. The van der Waals surface area contributed by atoms with Crippen molar-refractivity contribution in [2.24, 2.45) is 0 Å². The minimum absolute atomic E-state index is 0.981. The van der Waals surface area contributed by atoms with Crippen LogP contribution < -0.4 is 0 Å². The molecule has 11 aromatic heterocycles. The van der Waals surface area contributed by atoms with Crippen LogP contribution in [-0.4, -0.2) is 69.8 Å². The molecular formula is C84H112N14. The van der Waals surface area contributed by atoms with Crippen molar-refractivity contribution in [2.45, 2.75) is 194 Å². The summed E-state index contributed by atoms with van der Waals surface area (Å²) in [5, 5.41) is 5.79. The van der Waals surface area contributed by atoms with Crippen molar-refractivity contribution in [2.75, 3.05) is 0 Å². The van der Waals surface area contributed by atoms with Gasteiger partial charge in [-0.2, -0.15) is 0 Å². The fourth-order valence-electron chi connectivity index (χ4n) is 9.89. The van der Waals surface area contributed by atoms with Crippen molar-refractivity contribution in [3.63, 3.8) is 0 Å². The summed E-state index contributed by atoms with van der Waals surface area (Å²) in [5.41, 5.74) is 25.5. The lowest BCUT2D eigenvalue weighted by molar-refractivity contribution is 1.18. The second-order valence-electron chi connectivity index (χ2n) is 20.9. The predicted molar refractivity (Wildman–Crippen MR) is 423 cm³/mol. The maximum Gasteiger partial charge on any atom is 0.116 e. The highest BCUT2D eigenvalue weighted by atomic mass is 14.8. The molecule has 14 heteroatoms. The summed E-state index contributed by atoms with van der Waals surface area (Å²) in [6.07, 6.45) is 23.0. The topological polar surface area (TPSA) is 180 Å². The fourth-order valence-corrected chi connectivity index (χ4v) is 9.89. The second kappa shape index (κ2) is 47.8. The molecular weight excluding hydrogens is 1210 g/mol. The van der Waals surface area contributed by atoms with Crippen molar-refractivity contribution in [3.8, 4) is 0 Å². The lowest BCUT2D eigenvalue weighted by Crippen LogP contribution is -1.88. The van der Waals surface area contributed by atoms with Gasteiger partial charge in [0.25, 0.3) is 0 Å². The fraction of sp³-hybridized carbons (Fsp3) is 0.333. The number of benzene rings is 3. The largest absolute Gasteiger partial charge is 0.264 e. The average Bonchev–Trinajstić information content (AvgIpc) is 0.934. The third-order valence-corrected chi connectivity index (χ3v) is 13.6. The van der Waals surface area contributed by atoms with Crippen molar-refractivity contribution in [3.05, 3.63) is 250 Å². The maximum atomic E-state index is 4.40. The van der Waals surface area contributed by atoms with Gasteiger partial charge < -0.3 is 0 Å². The van der Waals surface area contributed by atoms with E-state index in [0.29, 0.717) is 0 Å². The van der Waals surface area contributed by atoms with Gasteiger partial charge in [-0.05, 0) is 214 Å². The van der Waals surface area contributed by atoms with Crippen molar-refractivity contribution in [1.82, 2.24) is 69.8 Å². The lowest BCUT2D eigenvalue weighted by Gasteiger charge is -2.01. The predicted octanol–water partition coefficient (Wildman–Crippen LogP) is 22.9. The summed E-state index contributed by atoms with van der Waals surface area (Å²) in [6.45, 7) is 56.7. The van der Waals surface area contributed by atoms with Crippen LogP contribution in [0.5, 0.6) is 0 Å². The SMILES string of the molecule is CC.CC.CC.CC.CC.CC.CC.Cc1cc(C)c2ccncc2n1.Cc1cc(C)c2cnccc2n1.Cc1cc(C)c2cncnc2c1.Cc1cc(C)c2ncccc2n1.Cc1cc(C)c2nccnc2c1.Cc1cc(C)c2ncncc2c1.Cc1cnc(C)c2ncccc12. The van der Waals surface area contributed by atoms with Crippen molar-refractivity contribution in [1.29, 1.82) is 0 Å². The highest BCUT2D eigenvalue weighted by Gasteiger charge is 2.05. The van der Waals surface area contributed by atoms with Gasteiger partial charge in [0.1, 0.15) is 12.7 Å². The van der Waals surface area contributed by atoms with Crippen molar-refractivity contribution >= 4 is 76.6 Å². The van der Waals surface area contributed by atoms with E-state index in [9.17, 15) is 0 Å². The molecule has 0 amide bonds. The molecule has 14 aromatic rings. The molecule has 14 nitrogen and oxygen atoms in total. The summed E-state index contributed by atoms with van der Waals surface area (Å²) in [4.78, 5) is 58.9. The Labute approximate surface area is 587 Å². The molecule has 0 unspecified atom stereocenters. The van der Waals surface area contributed by atoms with Crippen LogP contribution in [0.1, 0.15) is 175 Å². The smallest absolute Gasteiger partial charge is 0.116 e. The van der Waals surface area contributed by atoms with E-state index in [1.165, 1.54) is 66.4 Å². The van der Waals surface area contributed by atoms with E-state index in [1.54, 1.807) is 56.0 Å². The Morgan fingerprint density at radius 2 is 0.673 bits per heavy atom. The van der Waals surface area contributed by atoms with Gasteiger partial charge in [-0.25, -0.2) is 19.9 Å². The standard InChI is InChI=1S/7C10H10N2.7C2H6/c1-7-3-8(2)9-5-11-6-12-10(9)4-7;1-7-3-8(2)10-9(4-7)5-11-6-12-10;1-7-5-8(2)12-10-3-4-11-6-9(7)10;1-7-5-8(2)12-10-6-11-4-3-9(7)10;1-7-5-8(2)10-9(6-7)11-3-4-12-10;1-7-6-12-8(2)10-9(7)4-3-5-11-10;1-7-6-8(2)12-9-4-3-5-11-10(7)9;7*1-2/h7*3-6H,1-2H3;7*1-2H3. The van der Waals surface area contributed by atoms with Gasteiger partial charge in [-0.1, -0.05) is 127 Å². The first-order chi connectivity index (χ1) is 47.4. The molecule has 518 valence electrons. The van der Waals surface area contributed by atoms with Gasteiger partial charge in [0.15, 0.2) is 0 Å². The number of pyridine rings is 8. The number of aryl methyl sites for hydroxylation is 14. The third-order valence-electron chi connectivity index (χ3n) is 13.6. The van der Waals surface area contributed by atoms with E-state index in [-0.39, 0.29) is 0 Å². The van der Waals surface area contributed by atoms with Crippen LogP contribution in [0.2, 0.25) is 0 Å². The molecule has 0 aliphatic heterocycles. The summed E-state index contributed by atoms with van der Waals surface area (Å²) in [6, 6.07) is 30.7. The summed E-state index contributed by atoms with van der Waals surface area (Å²) >= 11 is 0. The molecule has 98 heavy (non-hydrogen) atoms. The third kappa shape index (κ3) is 26.8. The number of nitrogens with zero attached hydrogens (tertiary/aromatic N) is 14. The Morgan fingerprint density at radius 3 is 1.32 bits per heavy atom. The van der Waals surface area contributed by atoms with E-state index in [4.69, 9.17) is 0 Å². The normalized spacial score (nSPS) is 9.43. The monoisotopic (exact) mass is 1320 g/mol.